The molecule has 0 saturated carbocycles. The van der Waals surface area contributed by atoms with Crippen molar-refractivity contribution >= 4 is 26.9 Å². The van der Waals surface area contributed by atoms with E-state index in [0.29, 0.717) is 0 Å². The van der Waals surface area contributed by atoms with Gasteiger partial charge in [0.05, 0.1) is 0 Å². The van der Waals surface area contributed by atoms with Crippen LogP contribution in [-0.2, 0) is 4.79 Å². The molecule has 0 radical (unpaired) electrons. The number of hydrogen-bond donors (Lipinski definition) is 1. The van der Waals surface area contributed by atoms with Crippen LogP contribution in [0.4, 0.5) is 0 Å². The van der Waals surface area contributed by atoms with Gasteiger partial charge in [0.2, 0.25) is 0 Å². The summed E-state index contributed by atoms with van der Waals surface area (Å²) in [6.07, 6.45) is 0. The number of carboxylic acid groups (broad SMARTS) is 1. The molecule has 7 heavy (non-hydrogen) atoms. The molecular weight excluding hydrogens is 210 g/mol. The fraction of sp³-hybridized carbons (Fsp3) is 0.333. The first kappa shape index (κ1) is 6.75. The Morgan fingerprint density at radius 1 is 2.00 bits per heavy atom. The molecule has 0 rings (SSSR count). The third-order valence-corrected chi connectivity index (χ3v) is 1.75. The van der Waals surface area contributed by atoms with E-state index in [4.69, 9.17) is 10.4 Å². The van der Waals surface area contributed by atoms with Crippen LogP contribution in [0.2, 0.25) is 4.47 Å². The minimum absolute atomic E-state index is 0.0849. The second kappa shape index (κ2) is 3.92. The van der Waals surface area contributed by atoms with E-state index in [1.807, 2.05) is 4.12 Å². The van der Waals surface area contributed by atoms with E-state index >= 15 is 0 Å². The summed E-state index contributed by atoms with van der Waals surface area (Å²) in [7, 11) is 0. The summed E-state index contributed by atoms with van der Waals surface area (Å²) in [6, 6.07) is 0. The number of nitriles is 1. The molecule has 0 aromatic heterocycles. The third-order valence-electron chi connectivity index (χ3n) is 0.260. The van der Waals surface area contributed by atoms with E-state index in [-0.39, 0.29) is 4.47 Å². The number of rotatable bonds is 2. The van der Waals surface area contributed by atoms with Gasteiger partial charge in [-0.1, -0.05) is 0 Å². The van der Waals surface area contributed by atoms with E-state index in [9.17, 15) is 4.79 Å². The van der Waals surface area contributed by atoms with E-state index < -0.39 is 26.9 Å². The van der Waals surface area contributed by atoms with Crippen LogP contribution in [0.15, 0.2) is 0 Å². The summed E-state index contributed by atoms with van der Waals surface area (Å²) >= 11 is -0.854. The normalized spacial score (nSPS) is 7.29. The quantitative estimate of drug-likeness (QED) is 0.638. The number of carboxylic acids is 1. The maximum absolute atomic E-state index is 9.64. The van der Waals surface area contributed by atoms with E-state index in [0.717, 1.165) is 0 Å². The van der Waals surface area contributed by atoms with Crippen LogP contribution >= 0.6 is 0 Å². The number of nitrogens with zero attached hydrogens (tertiary/aromatic N) is 1. The number of aliphatic carboxylic acids is 1. The van der Waals surface area contributed by atoms with Crippen LogP contribution in [0, 0.1) is 9.38 Å². The fourth-order valence-electron chi connectivity index (χ4n) is 0.0940. The summed E-state index contributed by atoms with van der Waals surface area (Å²) in [5.41, 5.74) is 0. The van der Waals surface area contributed by atoms with Crippen LogP contribution in [-0.4, -0.2) is 32.0 Å². The van der Waals surface area contributed by atoms with Gasteiger partial charge in [-0.3, -0.25) is 0 Å². The Labute approximate surface area is 51.0 Å². The zero-order valence-corrected chi connectivity index (χ0v) is 5.75. The molecule has 0 aromatic rings. The summed E-state index contributed by atoms with van der Waals surface area (Å²) < 4.78 is 1.93. The molecule has 0 aliphatic heterocycles. The van der Waals surface area contributed by atoms with Crippen molar-refractivity contribution in [1.29, 1.82) is 5.26 Å². The van der Waals surface area contributed by atoms with Crippen LogP contribution in [0.1, 0.15) is 0 Å². The van der Waals surface area contributed by atoms with Crippen molar-refractivity contribution in [3.63, 3.8) is 0 Å². The van der Waals surface area contributed by atoms with Crippen LogP contribution < -0.4 is 0 Å². The zero-order valence-electron chi connectivity index (χ0n) is 3.42. The van der Waals surface area contributed by atoms with Gasteiger partial charge < -0.3 is 0 Å². The molecule has 4 heteroatoms. The molecule has 0 spiro atoms. The monoisotopic (exact) mass is 215 g/mol. The Balaban J connectivity index is 3.02. The van der Waals surface area contributed by atoms with Gasteiger partial charge in [-0.15, -0.1) is 0 Å². The zero-order chi connectivity index (χ0) is 5.70. The van der Waals surface area contributed by atoms with E-state index in [1.165, 1.54) is 0 Å². The Hall–Kier alpha value is -0.250. The van der Waals surface area contributed by atoms with Crippen molar-refractivity contribution in [2.75, 3.05) is 0 Å². The number of hydrogen-bond acceptors (Lipinski definition) is 2. The van der Waals surface area contributed by atoms with Crippen LogP contribution in [0.3, 0.4) is 0 Å². The van der Waals surface area contributed by atoms with E-state index in [1.54, 1.807) is 0 Å². The number of carbonyl (C=O) groups is 1. The van der Waals surface area contributed by atoms with Gasteiger partial charge in [0.15, 0.2) is 0 Å². The first-order chi connectivity index (χ1) is 3.27. The molecule has 0 amide bonds. The van der Waals surface area contributed by atoms with Crippen molar-refractivity contribution < 1.29 is 9.90 Å². The molecule has 0 saturated heterocycles. The molecule has 0 atom stereocenters. The Morgan fingerprint density at radius 2 is 2.57 bits per heavy atom. The molecule has 0 fully saturated rings. The minimum atomic E-state index is -0.857. The standard InChI is InChI=1S/C3H3NO2Te/c4-2-7-1-3(5)6/h1H2,(H,5,6). The Kier molecular flexibility index (Phi) is 3.78. The van der Waals surface area contributed by atoms with Gasteiger partial charge in [0, 0.05) is 0 Å². The Bertz CT molecular complexity index is 106. The van der Waals surface area contributed by atoms with Crippen LogP contribution in [0.5, 0.6) is 0 Å². The van der Waals surface area contributed by atoms with Crippen LogP contribution in [0.25, 0.3) is 0 Å². The third kappa shape index (κ3) is 5.75. The average Bonchev–Trinajstić information content (AvgIpc) is 1.61. The van der Waals surface area contributed by atoms with Crippen molar-refractivity contribution in [1.82, 2.24) is 0 Å². The summed E-state index contributed by atoms with van der Waals surface area (Å²) in [5.74, 6) is -0.857. The molecule has 3 nitrogen and oxygen atoms in total. The molecule has 0 aliphatic rings. The Morgan fingerprint density at radius 3 is 2.71 bits per heavy atom. The predicted octanol–water partition coefficient (Wildman–Crippen LogP) is -0.325. The van der Waals surface area contributed by atoms with E-state index in [2.05, 4.69) is 0 Å². The maximum atomic E-state index is 9.64. The topological polar surface area (TPSA) is 61.1 Å². The van der Waals surface area contributed by atoms with Gasteiger partial charge in [-0.05, 0) is 0 Å². The van der Waals surface area contributed by atoms with Crippen molar-refractivity contribution in [3.8, 4) is 4.12 Å². The average molecular weight is 213 g/mol. The molecule has 0 aromatic carbocycles. The van der Waals surface area contributed by atoms with Gasteiger partial charge in [-0.25, -0.2) is 0 Å². The molecule has 0 aliphatic carbocycles. The SMILES string of the molecule is N#C[Te]CC(=O)O. The van der Waals surface area contributed by atoms with Gasteiger partial charge in [0.25, 0.3) is 0 Å². The van der Waals surface area contributed by atoms with Crippen molar-refractivity contribution in [2.24, 2.45) is 0 Å². The second-order valence-electron chi connectivity index (χ2n) is 0.774. The second-order valence-corrected chi connectivity index (χ2v) is 2.94. The summed E-state index contributed by atoms with van der Waals surface area (Å²) in [4.78, 5) is 9.64. The first-order valence-electron chi connectivity index (χ1n) is 1.50. The predicted molar refractivity (Wildman–Crippen MR) is 23.8 cm³/mol. The van der Waals surface area contributed by atoms with Crippen molar-refractivity contribution in [2.45, 2.75) is 4.47 Å². The molecule has 0 heterocycles. The van der Waals surface area contributed by atoms with Gasteiger partial charge in [0.1, 0.15) is 0 Å². The molecule has 0 unspecified atom stereocenters. The molecular formula is C3H3NO2Te. The molecule has 38 valence electrons. The summed E-state index contributed by atoms with van der Waals surface area (Å²) in [6.45, 7) is 0. The first-order valence-corrected chi connectivity index (χ1v) is 4.31. The summed E-state index contributed by atoms with van der Waals surface area (Å²) in [5, 5.41) is 15.8. The molecule has 1 N–H and O–H groups in total. The van der Waals surface area contributed by atoms with Gasteiger partial charge >= 0.3 is 50.6 Å². The van der Waals surface area contributed by atoms with Crippen molar-refractivity contribution in [3.05, 3.63) is 0 Å². The molecule has 0 bridgehead atoms. The fourth-order valence-corrected chi connectivity index (χ4v) is 0.631. The van der Waals surface area contributed by atoms with Gasteiger partial charge in [-0.2, -0.15) is 0 Å².